The number of benzene rings is 2. The summed E-state index contributed by atoms with van der Waals surface area (Å²) in [4.78, 5) is 19.2. The standard InChI is InChI=1S/C22H24N2O2S/c1-2-16-6-5-7-18(14-16)26-15-21(25)24-12-10-17(11-13-24)22-23-19-8-3-4-9-20(19)27-22/h3-9,14,17H,2,10-13,15H2,1H3. The lowest BCUT2D eigenvalue weighted by Crippen LogP contribution is -2.40. The minimum absolute atomic E-state index is 0.0691. The fraction of sp³-hybridized carbons (Fsp3) is 0.364. The number of hydrogen-bond donors (Lipinski definition) is 0. The summed E-state index contributed by atoms with van der Waals surface area (Å²) in [6.07, 6.45) is 2.90. The molecule has 0 bridgehead atoms. The van der Waals surface area contributed by atoms with E-state index in [9.17, 15) is 4.79 Å². The second kappa shape index (κ2) is 8.09. The van der Waals surface area contributed by atoms with Crippen LogP contribution in [0.1, 0.15) is 36.3 Å². The molecule has 4 rings (SSSR count). The summed E-state index contributed by atoms with van der Waals surface area (Å²) in [6.45, 7) is 3.77. The van der Waals surface area contributed by atoms with Gasteiger partial charge in [-0.15, -0.1) is 11.3 Å². The van der Waals surface area contributed by atoms with Crippen molar-refractivity contribution in [3.05, 3.63) is 59.1 Å². The third-order valence-electron chi connectivity index (χ3n) is 5.18. The number of likely N-dealkylation sites (tertiary alicyclic amines) is 1. The number of aromatic nitrogens is 1. The van der Waals surface area contributed by atoms with Crippen LogP contribution in [0.15, 0.2) is 48.5 Å². The van der Waals surface area contributed by atoms with Crippen LogP contribution in [0.2, 0.25) is 0 Å². The SMILES string of the molecule is CCc1cccc(OCC(=O)N2CCC(c3nc4ccccc4s3)CC2)c1. The zero-order valence-corrected chi connectivity index (χ0v) is 16.4. The zero-order chi connectivity index (χ0) is 18.6. The Morgan fingerprint density at radius 1 is 1.19 bits per heavy atom. The number of fused-ring (bicyclic) bond motifs is 1. The number of carbonyl (C=O) groups is 1. The van der Waals surface area contributed by atoms with E-state index in [-0.39, 0.29) is 12.5 Å². The number of amides is 1. The van der Waals surface area contributed by atoms with Gasteiger partial charge in [-0.25, -0.2) is 4.98 Å². The molecule has 0 unspecified atom stereocenters. The zero-order valence-electron chi connectivity index (χ0n) is 15.6. The predicted octanol–water partition coefficient (Wildman–Crippen LogP) is 4.64. The van der Waals surface area contributed by atoms with Crippen LogP contribution in [0.4, 0.5) is 0 Å². The van der Waals surface area contributed by atoms with Crippen molar-refractivity contribution in [3.63, 3.8) is 0 Å². The number of carbonyl (C=O) groups excluding carboxylic acids is 1. The summed E-state index contributed by atoms with van der Waals surface area (Å²) in [5.74, 6) is 1.29. The van der Waals surface area contributed by atoms with Crippen LogP contribution in [0.3, 0.4) is 0 Å². The van der Waals surface area contributed by atoms with Crippen LogP contribution in [0.25, 0.3) is 10.2 Å². The van der Waals surface area contributed by atoms with Crippen molar-refractivity contribution >= 4 is 27.5 Å². The van der Waals surface area contributed by atoms with E-state index in [2.05, 4.69) is 31.2 Å². The predicted molar refractivity (Wildman–Crippen MR) is 109 cm³/mol. The van der Waals surface area contributed by atoms with E-state index in [1.165, 1.54) is 15.3 Å². The first-order valence-corrected chi connectivity index (χ1v) is 10.4. The molecule has 0 saturated carbocycles. The summed E-state index contributed by atoms with van der Waals surface area (Å²) >= 11 is 1.79. The van der Waals surface area contributed by atoms with Gasteiger partial charge in [0.1, 0.15) is 5.75 Å². The van der Waals surface area contributed by atoms with Crippen molar-refractivity contribution in [2.75, 3.05) is 19.7 Å². The van der Waals surface area contributed by atoms with Gasteiger partial charge in [-0.1, -0.05) is 31.2 Å². The monoisotopic (exact) mass is 380 g/mol. The van der Waals surface area contributed by atoms with Crippen LogP contribution >= 0.6 is 11.3 Å². The highest BCUT2D eigenvalue weighted by Gasteiger charge is 2.26. The van der Waals surface area contributed by atoms with E-state index in [1.54, 1.807) is 11.3 Å². The molecule has 0 N–H and O–H groups in total. The molecule has 1 amide bonds. The van der Waals surface area contributed by atoms with Crippen molar-refractivity contribution in [2.24, 2.45) is 0 Å². The molecular formula is C22H24N2O2S. The van der Waals surface area contributed by atoms with Crippen LogP contribution in [-0.2, 0) is 11.2 Å². The Kier molecular flexibility index (Phi) is 5.39. The number of thiazole rings is 1. The van der Waals surface area contributed by atoms with Crippen molar-refractivity contribution in [1.29, 1.82) is 0 Å². The van der Waals surface area contributed by atoms with Gasteiger partial charge in [0.15, 0.2) is 6.61 Å². The normalized spacial score (nSPS) is 15.2. The highest BCUT2D eigenvalue weighted by Crippen LogP contribution is 2.33. The number of nitrogens with zero attached hydrogens (tertiary/aromatic N) is 2. The average Bonchev–Trinajstić information content (AvgIpc) is 3.16. The van der Waals surface area contributed by atoms with Gasteiger partial charge in [0.2, 0.25) is 0 Å². The maximum atomic E-state index is 12.5. The Hall–Kier alpha value is -2.40. The molecule has 2 aromatic carbocycles. The second-order valence-electron chi connectivity index (χ2n) is 6.96. The molecule has 0 aliphatic carbocycles. The largest absolute Gasteiger partial charge is 0.484 e. The molecule has 27 heavy (non-hydrogen) atoms. The second-order valence-corrected chi connectivity index (χ2v) is 8.03. The molecular weight excluding hydrogens is 356 g/mol. The van der Waals surface area contributed by atoms with Gasteiger partial charge in [-0.05, 0) is 49.1 Å². The number of piperidine rings is 1. The van der Waals surface area contributed by atoms with Gasteiger partial charge in [0.05, 0.1) is 15.2 Å². The molecule has 3 aromatic rings. The Morgan fingerprint density at radius 3 is 2.78 bits per heavy atom. The minimum atomic E-state index is 0.0691. The van der Waals surface area contributed by atoms with Crippen molar-refractivity contribution in [2.45, 2.75) is 32.1 Å². The van der Waals surface area contributed by atoms with E-state index in [1.807, 2.05) is 29.2 Å². The summed E-state index contributed by atoms with van der Waals surface area (Å²) in [5.41, 5.74) is 2.30. The van der Waals surface area contributed by atoms with Gasteiger partial charge in [0, 0.05) is 19.0 Å². The summed E-state index contributed by atoms with van der Waals surface area (Å²) < 4.78 is 6.96. The fourth-order valence-electron chi connectivity index (χ4n) is 3.53. The van der Waals surface area contributed by atoms with E-state index in [4.69, 9.17) is 9.72 Å². The molecule has 0 radical (unpaired) electrons. The highest BCUT2D eigenvalue weighted by molar-refractivity contribution is 7.18. The Bertz CT molecular complexity index is 896. The fourth-order valence-corrected chi connectivity index (χ4v) is 4.67. The maximum Gasteiger partial charge on any atom is 0.260 e. The van der Waals surface area contributed by atoms with Gasteiger partial charge >= 0.3 is 0 Å². The molecule has 1 fully saturated rings. The number of ether oxygens (including phenoxy) is 1. The Balaban J connectivity index is 1.31. The summed E-state index contributed by atoms with van der Waals surface area (Å²) in [6, 6.07) is 16.2. The van der Waals surface area contributed by atoms with E-state index in [0.29, 0.717) is 5.92 Å². The molecule has 4 nitrogen and oxygen atoms in total. The van der Waals surface area contributed by atoms with Crippen LogP contribution in [-0.4, -0.2) is 35.5 Å². The molecule has 1 aromatic heterocycles. The van der Waals surface area contributed by atoms with E-state index < -0.39 is 0 Å². The molecule has 1 saturated heterocycles. The molecule has 0 atom stereocenters. The van der Waals surface area contributed by atoms with Crippen molar-refractivity contribution in [3.8, 4) is 5.75 Å². The van der Waals surface area contributed by atoms with Crippen LogP contribution in [0.5, 0.6) is 5.75 Å². The highest BCUT2D eigenvalue weighted by atomic mass is 32.1. The van der Waals surface area contributed by atoms with Crippen molar-refractivity contribution in [1.82, 2.24) is 9.88 Å². The first-order chi connectivity index (χ1) is 13.2. The average molecular weight is 381 g/mol. The van der Waals surface area contributed by atoms with Gasteiger partial charge in [-0.2, -0.15) is 0 Å². The molecule has 2 heterocycles. The number of rotatable bonds is 5. The maximum absolute atomic E-state index is 12.5. The first-order valence-electron chi connectivity index (χ1n) is 9.58. The number of para-hydroxylation sites is 1. The molecule has 140 valence electrons. The molecule has 1 aliphatic heterocycles. The van der Waals surface area contributed by atoms with Gasteiger partial charge < -0.3 is 9.64 Å². The minimum Gasteiger partial charge on any atom is -0.484 e. The lowest BCUT2D eigenvalue weighted by atomic mass is 9.97. The third kappa shape index (κ3) is 4.14. The smallest absolute Gasteiger partial charge is 0.260 e. The quantitative estimate of drug-likeness (QED) is 0.647. The van der Waals surface area contributed by atoms with Crippen molar-refractivity contribution < 1.29 is 9.53 Å². The number of hydrogen-bond acceptors (Lipinski definition) is 4. The van der Waals surface area contributed by atoms with E-state index >= 15 is 0 Å². The van der Waals surface area contributed by atoms with Gasteiger partial charge in [0.25, 0.3) is 5.91 Å². The molecule has 0 spiro atoms. The van der Waals surface area contributed by atoms with Crippen LogP contribution < -0.4 is 4.74 Å². The summed E-state index contributed by atoms with van der Waals surface area (Å²) in [5, 5.41) is 1.20. The summed E-state index contributed by atoms with van der Waals surface area (Å²) in [7, 11) is 0. The topological polar surface area (TPSA) is 42.4 Å². The Labute approximate surface area is 163 Å². The molecule has 5 heteroatoms. The van der Waals surface area contributed by atoms with Crippen LogP contribution in [0, 0.1) is 0 Å². The van der Waals surface area contributed by atoms with E-state index in [0.717, 1.165) is 43.6 Å². The lowest BCUT2D eigenvalue weighted by Gasteiger charge is -2.31. The molecule has 1 aliphatic rings. The lowest BCUT2D eigenvalue weighted by molar-refractivity contribution is -0.134. The Morgan fingerprint density at radius 2 is 2.00 bits per heavy atom. The number of aryl methyl sites for hydroxylation is 1. The third-order valence-corrected chi connectivity index (χ3v) is 6.38. The first kappa shape index (κ1) is 18.0. The van der Waals surface area contributed by atoms with Gasteiger partial charge in [-0.3, -0.25) is 4.79 Å².